The molecule has 0 spiro atoms. The zero-order valence-corrected chi connectivity index (χ0v) is 9.66. The molecule has 0 amide bonds. The number of hydrogen-bond acceptors (Lipinski definition) is 3. The maximum Gasteiger partial charge on any atom is 0.125 e. The topological polar surface area (TPSA) is 50.8 Å². The third kappa shape index (κ3) is 1.98. The Bertz CT molecular complexity index is 282. The molecule has 82 valence electrons. The molecular formula is C12H19N3. The van der Waals surface area contributed by atoms with Gasteiger partial charge in [0.05, 0.1) is 18.1 Å². The summed E-state index contributed by atoms with van der Waals surface area (Å²) in [6.45, 7) is 5.82. The fraction of sp³-hybridized carbons (Fsp3) is 0.833. The van der Waals surface area contributed by atoms with Gasteiger partial charge in [0.1, 0.15) is 5.54 Å². The first kappa shape index (κ1) is 12.0. The van der Waals surface area contributed by atoms with Crippen molar-refractivity contribution >= 4 is 0 Å². The minimum atomic E-state index is -0.517. The van der Waals surface area contributed by atoms with Gasteiger partial charge in [-0.15, -0.1) is 0 Å². The van der Waals surface area contributed by atoms with Crippen LogP contribution in [0.1, 0.15) is 39.5 Å². The molecule has 2 unspecified atom stereocenters. The highest BCUT2D eigenvalue weighted by atomic mass is 15.2. The van der Waals surface area contributed by atoms with Gasteiger partial charge < -0.3 is 0 Å². The monoisotopic (exact) mass is 205 g/mol. The molecule has 0 aromatic carbocycles. The second-order valence-electron chi connectivity index (χ2n) is 4.14. The van der Waals surface area contributed by atoms with Crippen LogP contribution >= 0.6 is 0 Å². The third-order valence-corrected chi connectivity index (χ3v) is 3.55. The highest BCUT2D eigenvalue weighted by Gasteiger charge is 2.45. The molecule has 1 saturated carbocycles. The van der Waals surface area contributed by atoms with Gasteiger partial charge in [-0.1, -0.05) is 26.7 Å². The normalized spacial score (nSPS) is 30.9. The lowest BCUT2D eigenvalue weighted by Crippen LogP contribution is -2.54. The quantitative estimate of drug-likeness (QED) is 0.710. The van der Waals surface area contributed by atoms with E-state index in [4.69, 9.17) is 5.26 Å². The summed E-state index contributed by atoms with van der Waals surface area (Å²) < 4.78 is 0. The van der Waals surface area contributed by atoms with Crippen molar-refractivity contribution in [1.82, 2.24) is 4.90 Å². The summed E-state index contributed by atoms with van der Waals surface area (Å²) in [5, 5.41) is 18.6. The van der Waals surface area contributed by atoms with Crippen molar-refractivity contribution < 1.29 is 0 Å². The predicted molar refractivity (Wildman–Crippen MR) is 58.8 cm³/mol. The van der Waals surface area contributed by atoms with Gasteiger partial charge in [-0.3, -0.25) is 4.90 Å². The lowest BCUT2D eigenvalue weighted by atomic mass is 9.73. The van der Waals surface area contributed by atoms with E-state index in [-0.39, 0.29) is 5.92 Å². The molecule has 1 rings (SSSR count). The van der Waals surface area contributed by atoms with Gasteiger partial charge in [0.15, 0.2) is 0 Å². The minimum absolute atomic E-state index is 0.115. The Kier molecular flexibility index (Phi) is 4.12. The zero-order chi connectivity index (χ0) is 11.3. The summed E-state index contributed by atoms with van der Waals surface area (Å²) >= 11 is 0. The zero-order valence-electron chi connectivity index (χ0n) is 9.66. The van der Waals surface area contributed by atoms with Crippen LogP contribution in [-0.4, -0.2) is 23.5 Å². The van der Waals surface area contributed by atoms with Gasteiger partial charge in [0.25, 0.3) is 0 Å². The summed E-state index contributed by atoms with van der Waals surface area (Å²) in [4.78, 5) is 2.15. The van der Waals surface area contributed by atoms with E-state index in [0.29, 0.717) is 0 Å². The smallest absolute Gasteiger partial charge is 0.125 e. The highest BCUT2D eigenvalue weighted by molar-refractivity contribution is 5.18. The van der Waals surface area contributed by atoms with Crippen molar-refractivity contribution in [3.63, 3.8) is 0 Å². The predicted octanol–water partition coefficient (Wildman–Crippen LogP) is 2.30. The average Bonchev–Trinajstić information content (AvgIpc) is 2.31. The fourth-order valence-electron chi connectivity index (χ4n) is 2.70. The molecule has 1 aliphatic rings. The molecule has 2 atom stereocenters. The number of nitrogens with zero attached hydrogens (tertiary/aromatic N) is 3. The maximum absolute atomic E-state index is 9.43. The minimum Gasteiger partial charge on any atom is -0.285 e. The molecule has 0 aromatic heterocycles. The molecule has 0 bridgehead atoms. The lowest BCUT2D eigenvalue weighted by Gasteiger charge is -2.43. The number of hydrogen-bond donors (Lipinski definition) is 0. The van der Waals surface area contributed by atoms with E-state index in [2.05, 4.69) is 30.9 Å². The SMILES string of the molecule is CCN(CC)C1(C#N)CCCCC1C#N. The van der Waals surface area contributed by atoms with Crippen LogP contribution in [0.2, 0.25) is 0 Å². The molecule has 3 heteroatoms. The van der Waals surface area contributed by atoms with Crippen LogP contribution in [0.25, 0.3) is 0 Å². The second-order valence-corrected chi connectivity index (χ2v) is 4.14. The van der Waals surface area contributed by atoms with Gasteiger partial charge >= 0.3 is 0 Å². The Balaban J connectivity index is 2.99. The largest absolute Gasteiger partial charge is 0.285 e. The van der Waals surface area contributed by atoms with Gasteiger partial charge in [0.2, 0.25) is 0 Å². The molecule has 1 aliphatic carbocycles. The molecule has 1 fully saturated rings. The molecule has 0 heterocycles. The van der Waals surface area contributed by atoms with Gasteiger partial charge in [-0.25, -0.2) is 0 Å². The van der Waals surface area contributed by atoms with Crippen molar-refractivity contribution in [3.8, 4) is 12.1 Å². The van der Waals surface area contributed by atoms with E-state index in [1.54, 1.807) is 0 Å². The first-order valence-corrected chi connectivity index (χ1v) is 5.81. The van der Waals surface area contributed by atoms with E-state index in [0.717, 1.165) is 38.8 Å². The second kappa shape index (κ2) is 5.14. The fourth-order valence-corrected chi connectivity index (χ4v) is 2.70. The lowest BCUT2D eigenvalue weighted by molar-refractivity contribution is 0.0778. The van der Waals surface area contributed by atoms with Crippen LogP contribution in [0.15, 0.2) is 0 Å². The summed E-state index contributed by atoms with van der Waals surface area (Å²) in [5.74, 6) is -0.115. The molecule has 0 saturated heterocycles. The Morgan fingerprint density at radius 1 is 1.27 bits per heavy atom. The number of rotatable bonds is 3. The van der Waals surface area contributed by atoms with Crippen molar-refractivity contribution in [2.75, 3.05) is 13.1 Å². The first-order valence-electron chi connectivity index (χ1n) is 5.81. The number of nitriles is 2. The van der Waals surface area contributed by atoms with Crippen LogP contribution in [0.5, 0.6) is 0 Å². The third-order valence-electron chi connectivity index (χ3n) is 3.55. The molecular weight excluding hydrogens is 186 g/mol. The Morgan fingerprint density at radius 2 is 1.93 bits per heavy atom. The van der Waals surface area contributed by atoms with Gasteiger partial charge in [-0.2, -0.15) is 10.5 Å². The van der Waals surface area contributed by atoms with Crippen LogP contribution in [-0.2, 0) is 0 Å². The Hall–Kier alpha value is -1.06. The highest BCUT2D eigenvalue weighted by Crippen LogP contribution is 2.37. The van der Waals surface area contributed by atoms with Crippen molar-refractivity contribution in [2.45, 2.75) is 45.1 Å². The summed E-state index contributed by atoms with van der Waals surface area (Å²) in [6, 6.07) is 4.75. The summed E-state index contributed by atoms with van der Waals surface area (Å²) in [6.07, 6.45) is 3.88. The van der Waals surface area contributed by atoms with E-state index < -0.39 is 5.54 Å². The van der Waals surface area contributed by atoms with Crippen molar-refractivity contribution in [1.29, 1.82) is 10.5 Å². The maximum atomic E-state index is 9.43. The Morgan fingerprint density at radius 3 is 2.40 bits per heavy atom. The van der Waals surface area contributed by atoms with E-state index in [1.807, 2.05) is 0 Å². The van der Waals surface area contributed by atoms with Crippen LogP contribution in [0, 0.1) is 28.6 Å². The molecule has 0 aromatic rings. The van der Waals surface area contributed by atoms with Gasteiger partial charge in [-0.05, 0) is 25.9 Å². The van der Waals surface area contributed by atoms with E-state index in [9.17, 15) is 5.26 Å². The Labute approximate surface area is 92.3 Å². The van der Waals surface area contributed by atoms with Crippen molar-refractivity contribution in [3.05, 3.63) is 0 Å². The van der Waals surface area contributed by atoms with E-state index in [1.165, 1.54) is 0 Å². The molecule has 0 aliphatic heterocycles. The molecule has 3 nitrogen and oxygen atoms in total. The van der Waals surface area contributed by atoms with Crippen molar-refractivity contribution in [2.24, 2.45) is 5.92 Å². The molecule has 0 N–H and O–H groups in total. The summed E-state index contributed by atoms with van der Waals surface area (Å²) in [7, 11) is 0. The average molecular weight is 205 g/mol. The van der Waals surface area contributed by atoms with Gasteiger partial charge in [0, 0.05) is 0 Å². The molecule has 0 radical (unpaired) electrons. The standard InChI is InChI=1S/C12H19N3/c1-3-15(4-2)12(10-14)8-6-5-7-11(12)9-13/h11H,3-8H2,1-2H3. The van der Waals surface area contributed by atoms with Crippen LogP contribution in [0.3, 0.4) is 0 Å². The molecule has 15 heavy (non-hydrogen) atoms. The summed E-state index contributed by atoms with van der Waals surface area (Å²) in [5.41, 5.74) is -0.517. The first-order chi connectivity index (χ1) is 7.25. The van der Waals surface area contributed by atoms with E-state index >= 15 is 0 Å². The van der Waals surface area contributed by atoms with Crippen LogP contribution in [0.4, 0.5) is 0 Å². The van der Waals surface area contributed by atoms with Crippen LogP contribution < -0.4 is 0 Å².